The second-order valence-corrected chi connectivity index (χ2v) is 5.38. The summed E-state index contributed by atoms with van der Waals surface area (Å²) in [7, 11) is 0. The molecule has 2 aromatic carbocycles. The molecule has 0 amide bonds. The summed E-state index contributed by atoms with van der Waals surface area (Å²) in [6.45, 7) is 0. The Labute approximate surface area is 124 Å². The molecule has 20 heavy (non-hydrogen) atoms. The Hall–Kier alpha value is -2.07. The molecule has 0 spiro atoms. The standard InChI is InChI=1S/C16H12BrNO2/c17-12-5-7-13(8-6-12)20-16(19)9-11-10-18-15-4-2-1-3-14(11)15/h1-8,10,18H,9H2. The van der Waals surface area contributed by atoms with Crippen LogP contribution in [0.5, 0.6) is 5.75 Å². The van der Waals surface area contributed by atoms with Crippen LogP contribution in [0, 0.1) is 0 Å². The number of rotatable bonds is 3. The number of nitrogens with one attached hydrogen (secondary N) is 1. The summed E-state index contributed by atoms with van der Waals surface area (Å²) in [6, 6.07) is 15.1. The van der Waals surface area contributed by atoms with Crippen LogP contribution in [0.25, 0.3) is 10.9 Å². The molecule has 0 saturated heterocycles. The number of H-pyrrole nitrogens is 1. The third kappa shape index (κ3) is 2.75. The Morgan fingerprint density at radius 3 is 2.65 bits per heavy atom. The number of para-hydroxylation sites is 1. The van der Waals surface area contributed by atoms with Crippen LogP contribution in [-0.4, -0.2) is 11.0 Å². The van der Waals surface area contributed by atoms with Gasteiger partial charge in [0.1, 0.15) is 5.75 Å². The molecular formula is C16H12BrNO2. The topological polar surface area (TPSA) is 42.1 Å². The van der Waals surface area contributed by atoms with Gasteiger partial charge in [-0.05, 0) is 35.9 Å². The second-order valence-electron chi connectivity index (χ2n) is 4.46. The molecule has 3 rings (SSSR count). The number of hydrogen-bond donors (Lipinski definition) is 1. The maximum absolute atomic E-state index is 12.0. The van der Waals surface area contributed by atoms with Crippen molar-refractivity contribution in [2.75, 3.05) is 0 Å². The fourth-order valence-electron chi connectivity index (χ4n) is 2.10. The number of benzene rings is 2. The largest absolute Gasteiger partial charge is 0.426 e. The van der Waals surface area contributed by atoms with Crippen LogP contribution in [0.3, 0.4) is 0 Å². The van der Waals surface area contributed by atoms with Gasteiger partial charge in [-0.25, -0.2) is 0 Å². The molecule has 1 heterocycles. The van der Waals surface area contributed by atoms with E-state index >= 15 is 0 Å². The predicted molar refractivity (Wildman–Crippen MR) is 81.8 cm³/mol. The molecule has 0 aliphatic heterocycles. The van der Waals surface area contributed by atoms with E-state index in [0.29, 0.717) is 5.75 Å². The quantitative estimate of drug-likeness (QED) is 0.581. The summed E-state index contributed by atoms with van der Waals surface area (Å²) in [6.07, 6.45) is 2.10. The highest BCUT2D eigenvalue weighted by molar-refractivity contribution is 9.10. The number of ether oxygens (including phenoxy) is 1. The van der Waals surface area contributed by atoms with Gasteiger partial charge in [-0.2, -0.15) is 0 Å². The molecule has 1 aromatic heterocycles. The zero-order valence-corrected chi connectivity index (χ0v) is 12.2. The van der Waals surface area contributed by atoms with Crippen molar-refractivity contribution in [3.8, 4) is 5.75 Å². The lowest BCUT2D eigenvalue weighted by Gasteiger charge is -2.03. The predicted octanol–water partition coefficient (Wildman–Crippen LogP) is 4.08. The van der Waals surface area contributed by atoms with Gasteiger partial charge in [0.25, 0.3) is 0 Å². The molecular weight excluding hydrogens is 318 g/mol. The molecule has 3 aromatic rings. The van der Waals surface area contributed by atoms with E-state index in [4.69, 9.17) is 4.74 Å². The third-order valence-electron chi connectivity index (χ3n) is 3.06. The van der Waals surface area contributed by atoms with Gasteiger partial charge in [0.15, 0.2) is 0 Å². The van der Waals surface area contributed by atoms with Gasteiger partial charge in [-0.1, -0.05) is 34.1 Å². The van der Waals surface area contributed by atoms with Crippen molar-refractivity contribution in [1.82, 2.24) is 4.98 Å². The third-order valence-corrected chi connectivity index (χ3v) is 3.58. The van der Waals surface area contributed by atoms with E-state index in [9.17, 15) is 4.79 Å². The molecule has 0 atom stereocenters. The van der Waals surface area contributed by atoms with Crippen molar-refractivity contribution < 1.29 is 9.53 Å². The molecule has 100 valence electrons. The fraction of sp³-hybridized carbons (Fsp3) is 0.0625. The number of carbonyl (C=O) groups excluding carboxylic acids is 1. The van der Waals surface area contributed by atoms with Crippen LogP contribution in [0.1, 0.15) is 5.56 Å². The van der Waals surface area contributed by atoms with E-state index in [1.165, 1.54) is 0 Å². The summed E-state index contributed by atoms with van der Waals surface area (Å²) < 4.78 is 6.27. The van der Waals surface area contributed by atoms with Crippen molar-refractivity contribution in [3.63, 3.8) is 0 Å². The number of hydrogen-bond acceptors (Lipinski definition) is 2. The minimum atomic E-state index is -0.267. The van der Waals surface area contributed by atoms with Gasteiger partial charge in [-0.15, -0.1) is 0 Å². The van der Waals surface area contributed by atoms with Gasteiger partial charge in [0, 0.05) is 21.6 Å². The molecule has 0 saturated carbocycles. The molecule has 0 aliphatic rings. The van der Waals surface area contributed by atoms with Crippen LogP contribution >= 0.6 is 15.9 Å². The zero-order chi connectivity index (χ0) is 13.9. The highest BCUT2D eigenvalue weighted by Crippen LogP contribution is 2.20. The lowest BCUT2D eigenvalue weighted by atomic mass is 10.1. The van der Waals surface area contributed by atoms with Crippen LogP contribution in [0.2, 0.25) is 0 Å². The molecule has 0 radical (unpaired) electrons. The van der Waals surface area contributed by atoms with Crippen molar-refractivity contribution in [2.45, 2.75) is 6.42 Å². The van der Waals surface area contributed by atoms with E-state index in [1.807, 2.05) is 42.6 Å². The molecule has 4 heteroatoms. The first-order valence-corrected chi connectivity index (χ1v) is 7.03. The summed E-state index contributed by atoms with van der Waals surface area (Å²) in [5.41, 5.74) is 1.97. The monoisotopic (exact) mass is 329 g/mol. The highest BCUT2D eigenvalue weighted by atomic mass is 79.9. The highest BCUT2D eigenvalue weighted by Gasteiger charge is 2.10. The maximum Gasteiger partial charge on any atom is 0.315 e. The van der Waals surface area contributed by atoms with Crippen molar-refractivity contribution in [2.24, 2.45) is 0 Å². The zero-order valence-electron chi connectivity index (χ0n) is 10.6. The maximum atomic E-state index is 12.0. The average molecular weight is 330 g/mol. The van der Waals surface area contributed by atoms with Crippen LogP contribution < -0.4 is 4.74 Å². The lowest BCUT2D eigenvalue weighted by molar-refractivity contribution is -0.133. The normalized spacial score (nSPS) is 10.7. The second kappa shape index (κ2) is 5.51. The molecule has 0 unspecified atom stereocenters. The van der Waals surface area contributed by atoms with E-state index in [0.717, 1.165) is 20.9 Å². The van der Waals surface area contributed by atoms with Crippen molar-refractivity contribution in [1.29, 1.82) is 0 Å². The van der Waals surface area contributed by atoms with Gasteiger partial charge in [0.05, 0.1) is 6.42 Å². The Morgan fingerprint density at radius 1 is 1.10 bits per heavy atom. The molecule has 0 fully saturated rings. The summed E-state index contributed by atoms with van der Waals surface area (Å²) in [5.74, 6) is 0.287. The number of aromatic amines is 1. The Morgan fingerprint density at radius 2 is 1.85 bits per heavy atom. The minimum Gasteiger partial charge on any atom is -0.426 e. The van der Waals surface area contributed by atoms with E-state index in [-0.39, 0.29) is 12.4 Å². The first-order chi connectivity index (χ1) is 9.72. The average Bonchev–Trinajstić information content (AvgIpc) is 2.85. The van der Waals surface area contributed by atoms with Crippen LogP contribution in [0.15, 0.2) is 59.2 Å². The van der Waals surface area contributed by atoms with E-state index in [1.54, 1.807) is 12.1 Å². The van der Waals surface area contributed by atoms with Gasteiger partial charge >= 0.3 is 5.97 Å². The minimum absolute atomic E-state index is 0.250. The molecule has 0 aliphatic carbocycles. The van der Waals surface area contributed by atoms with Gasteiger partial charge in [0.2, 0.25) is 0 Å². The van der Waals surface area contributed by atoms with E-state index < -0.39 is 0 Å². The van der Waals surface area contributed by atoms with Crippen molar-refractivity contribution >= 4 is 32.8 Å². The Kier molecular flexibility index (Phi) is 3.56. The first kappa shape index (κ1) is 12.9. The summed E-state index contributed by atoms with van der Waals surface area (Å²) in [4.78, 5) is 15.1. The van der Waals surface area contributed by atoms with Crippen LogP contribution in [-0.2, 0) is 11.2 Å². The molecule has 0 bridgehead atoms. The number of carbonyl (C=O) groups is 1. The number of aromatic nitrogens is 1. The fourth-order valence-corrected chi connectivity index (χ4v) is 2.37. The SMILES string of the molecule is O=C(Cc1c[nH]c2ccccc12)Oc1ccc(Br)cc1. The summed E-state index contributed by atoms with van der Waals surface area (Å²) in [5, 5.41) is 1.06. The lowest BCUT2D eigenvalue weighted by Crippen LogP contribution is -2.10. The first-order valence-electron chi connectivity index (χ1n) is 6.23. The molecule has 1 N–H and O–H groups in total. The molecule has 3 nitrogen and oxygen atoms in total. The van der Waals surface area contributed by atoms with Gasteiger partial charge < -0.3 is 9.72 Å². The van der Waals surface area contributed by atoms with Crippen molar-refractivity contribution in [3.05, 3.63) is 64.8 Å². The number of fused-ring (bicyclic) bond motifs is 1. The Balaban J connectivity index is 1.74. The number of esters is 1. The van der Waals surface area contributed by atoms with Gasteiger partial charge in [-0.3, -0.25) is 4.79 Å². The van der Waals surface area contributed by atoms with E-state index in [2.05, 4.69) is 20.9 Å². The Bertz CT molecular complexity index is 747. The smallest absolute Gasteiger partial charge is 0.315 e. The van der Waals surface area contributed by atoms with Crippen LogP contribution in [0.4, 0.5) is 0 Å². The summed E-state index contributed by atoms with van der Waals surface area (Å²) >= 11 is 3.34. The number of halogens is 1.